The maximum absolute atomic E-state index is 5.51. The van der Waals surface area contributed by atoms with E-state index in [9.17, 15) is 0 Å². The van der Waals surface area contributed by atoms with E-state index >= 15 is 0 Å². The Morgan fingerprint density at radius 3 is 3.12 bits per heavy atom. The second-order valence-corrected chi connectivity index (χ2v) is 4.65. The minimum absolute atomic E-state index is 0.556. The van der Waals surface area contributed by atoms with Crippen LogP contribution in [0.25, 0.3) is 22.2 Å². The van der Waals surface area contributed by atoms with E-state index in [0.29, 0.717) is 6.61 Å². The van der Waals surface area contributed by atoms with Crippen LogP contribution in [0.2, 0.25) is 0 Å². The summed E-state index contributed by atoms with van der Waals surface area (Å²) >= 11 is 1.60. The molecule has 3 aromatic rings. The Morgan fingerprint density at radius 1 is 1.35 bits per heavy atom. The molecule has 3 rings (SSSR count). The van der Waals surface area contributed by atoms with Gasteiger partial charge >= 0.3 is 0 Å². The van der Waals surface area contributed by atoms with Crippen LogP contribution in [0.5, 0.6) is 0 Å². The molecule has 2 heterocycles. The molecular formula is C13H11NO2S. The Labute approximate surface area is 103 Å². The molecule has 0 saturated heterocycles. The lowest BCUT2D eigenvalue weighted by Crippen LogP contribution is -1.85. The van der Waals surface area contributed by atoms with Gasteiger partial charge in [0.2, 0.25) is 0 Å². The van der Waals surface area contributed by atoms with Crippen molar-refractivity contribution in [1.29, 1.82) is 0 Å². The Hall–Kier alpha value is -1.65. The summed E-state index contributed by atoms with van der Waals surface area (Å²) in [6.07, 6.45) is 1.76. The predicted molar refractivity (Wildman–Crippen MR) is 68.0 cm³/mol. The summed E-state index contributed by atoms with van der Waals surface area (Å²) in [5.74, 6) is 0. The summed E-state index contributed by atoms with van der Waals surface area (Å²) in [5.41, 5.74) is 2.88. The Balaban J connectivity index is 2.07. The van der Waals surface area contributed by atoms with Crippen molar-refractivity contribution in [2.45, 2.75) is 6.61 Å². The van der Waals surface area contributed by atoms with Gasteiger partial charge in [0.15, 0.2) is 0 Å². The van der Waals surface area contributed by atoms with Gasteiger partial charge in [0.1, 0.15) is 16.9 Å². The van der Waals surface area contributed by atoms with Crippen LogP contribution >= 0.6 is 11.3 Å². The first-order valence-corrected chi connectivity index (χ1v) is 6.16. The zero-order valence-electron chi connectivity index (χ0n) is 9.34. The number of benzene rings is 1. The lowest BCUT2D eigenvalue weighted by Gasteiger charge is -1.92. The van der Waals surface area contributed by atoms with Crippen molar-refractivity contribution in [2.75, 3.05) is 7.11 Å². The molecule has 0 bridgehead atoms. The maximum atomic E-state index is 5.51. The van der Waals surface area contributed by atoms with Gasteiger partial charge in [0.25, 0.3) is 0 Å². The summed E-state index contributed by atoms with van der Waals surface area (Å²) in [5, 5.41) is 4.11. The largest absolute Gasteiger partial charge is 0.464 e. The standard InChI is InChI=1S/C13H11NO2S/c1-15-7-13-14-11(8-17-13)10-6-16-12-5-3-2-4-9(10)12/h2-6,8H,7H2,1H3. The van der Waals surface area contributed by atoms with E-state index in [0.717, 1.165) is 27.2 Å². The molecular weight excluding hydrogens is 234 g/mol. The zero-order valence-corrected chi connectivity index (χ0v) is 10.2. The van der Waals surface area contributed by atoms with E-state index in [4.69, 9.17) is 9.15 Å². The summed E-state index contributed by atoms with van der Waals surface area (Å²) < 4.78 is 10.6. The van der Waals surface area contributed by atoms with E-state index in [1.165, 1.54) is 0 Å². The van der Waals surface area contributed by atoms with Crippen LogP contribution in [0, 0.1) is 0 Å². The number of nitrogens with zero attached hydrogens (tertiary/aromatic N) is 1. The molecule has 0 saturated carbocycles. The third kappa shape index (κ3) is 1.85. The average molecular weight is 245 g/mol. The van der Waals surface area contributed by atoms with Gasteiger partial charge in [-0.1, -0.05) is 18.2 Å². The summed E-state index contributed by atoms with van der Waals surface area (Å²) in [6.45, 7) is 0.556. The van der Waals surface area contributed by atoms with Crippen molar-refractivity contribution >= 4 is 22.3 Å². The second kappa shape index (κ2) is 4.31. The SMILES string of the molecule is COCc1nc(-c2coc3ccccc23)cs1. The highest BCUT2D eigenvalue weighted by Gasteiger charge is 2.10. The summed E-state index contributed by atoms with van der Waals surface area (Å²) in [4.78, 5) is 4.53. The van der Waals surface area contributed by atoms with Crippen LogP contribution < -0.4 is 0 Å². The molecule has 0 aliphatic rings. The van der Waals surface area contributed by atoms with Crippen molar-refractivity contribution in [3.63, 3.8) is 0 Å². The van der Waals surface area contributed by atoms with Crippen LogP contribution in [-0.2, 0) is 11.3 Å². The van der Waals surface area contributed by atoms with E-state index in [-0.39, 0.29) is 0 Å². The number of hydrogen-bond donors (Lipinski definition) is 0. The predicted octanol–water partition coefficient (Wildman–Crippen LogP) is 3.70. The fraction of sp³-hybridized carbons (Fsp3) is 0.154. The van der Waals surface area contributed by atoms with E-state index < -0.39 is 0 Å². The molecule has 0 aliphatic heterocycles. The molecule has 0 radical (unpaired) electrons. The number of para-hydroxylation sites is 1. The monoisotopic (exact) mass is 245 g/mol. The molecule has 0 spiro atoms. The normalized spacial score (nSPS) is 11.1. The molecule has 0 aliphatic carbocycles. The molecule has 0 N–H and O–H groups in total. The van der Waals surface area contributed by atoms with Crippen LogP contribution in [0.4, 0.5) is 0 Å². The number of aromatic nitrogens is 1. The zero-order chi connectivity index (χ0) is 11.7. The smallest absolute Gasteiger partial charge is 0.134 e. The van der Waals surface area contributed by atoms with Gasteiger partial charge in [-0.05, 0) is 6.07 Å². The molecule has 0 amide bonds. The highest BCUT2D eigenvalue weighted by atomic mass is 32.1. The molecule has 3 nitrogen and oxygen atoms in total. The fourth-order valence-electron chi connectivity index (χ4n) is 1.80. The van der Waals surface area contributed by atoms with Crippen LogP contribution in [0.3, 0.4) is 0 Å². The molecule has 1 aromatic carbocycles. The van der Waals surface area contributed by atoms with Crippen LogP contribution in [0.1, 0.15) is 5.01 Å². The third-order valence-electron chi connectivity index (χ3n) is 2.58. The molecule has 0 unspecified atom stereocenters. The molecule has 4 heteroatoms. The van der Waals surface area contributed by atoms with Crippen molar-refractivity contribution in [3.8, 4) is 11.3 Å². The Morgan fingerprint density at radius 2 is 2.24 bits per heavy atom. The lowest BCUT2D eigenvalue weighted by atomic mass is 10.1. The molecule has 17 heavy (non-hydrogen) atoms. The first-order chi connectivity index (χ1) is 8.38. The van der Waals surface area contributed by atoms with Crippen LogP contribution in [-0.4, -0.2) is 12.1 Å². The van der Waals surface area contributed by atoms with Crippen LogP contribution in [0.15, 0.2) is 40.3 Å². The second-order valence-electron chi connectivity index (χ2n) is 3.71. The lowest BCUT2D eigenvalue weighted by molar-refractivity contribution is 0.184. The minimum atomic E-state index is 0.556. The number of furan rings is 1. The quantitative estimate of drug-likeness (QED) is 0.705. The first-order valence-electron chi connectivity index (χ1n) is 5.28. The van der Waals surface area contributed by atoms with Gasteiger partial charge in [0, 0.05) is 23.4 Å². The van der Waals surface area contributed by atoms with Crippen molar-refractivity contribution < 1.29 is 9.15 Å². The van der Waals surface area contributed by atoms with E-state index in [2.05, 4.69) is 4.98 Å². The van der Waals surface area contributed by atoms with Gasteiger partial charge in [-0.2, -0.15) is 0 Å². The van der Waals surface area contributed by atoms with Gasteiger partial charge in [-0.25, -0.2) is 4.98 Å². The van der Waals surface area contributed by atoms with E-state index in [1.807, 2.05) is 29.6 Å². The highest BCUT2D eigenvalue weighted by Crippen LogP contribution is 2.31. The topological polar surface area (TPSA) is 35.3 Å². The first kappa shape index (κ1) is 10.5. The summed E-state index contributed by atoms with van der Waals surface area (Å²) in [7, 11) is 1.67. The average Bonchev–Trinajstić information content (AvgIpc) is 2.95. The van der Waals surface area contributed by atoms with Crippen molar-refractivity contribution in [2.24, 2.45) is 0 Å². The summed E-state index contributed by atoms with van der Waals surface area (Å²) in [6, 6.07) is 7.97. The van der Waals surface area contributed by atoms with Gasteiger partial charge in [-0.3, -0.25) is 0 Å². The van der Waals surface area contributed by atoms with Crippen molar-refractivity contribution in [1.82, 2.24) is 4.98 Å². The molecule has 86 valence electrons. The number of ether oxygens (including phenoxy) is 1. The molecule has 0 atom stereocenters. The maximum Gasteiger partial charge on any atom is 0.134 e. The minimum Gasteiger partial charge on any atom is -0.464 e. The van der Waals surface area contributed by atoms with Crippen molar-refractivity contribution in [3.05, 3.63) is 40.9 Å². The van der Waals surface area contributed by atoms with Gasteiger partial charge in [-0.15, -0.1) is 11.3 Å². The number of rotatable bonds is 3. The number of methoxy groups -OCH3 is 1. The fourth-order valence-corrected chi connectivity index (χ4v) is 2.56. The molecule has 2 aromatic heterocycles. The number of fused-ring (bicyclic) bond motifs is 1. The Kier molecular flexibility index (Phi) is 2.66. The van der Waals surface area contributed by atoms with E-state index in [1.54, 1.807) is 24.7 Å². The number of hydrogen-bond acceptors (Lipinski definition) is 4. The van der Waals surface area contributed by atoms with Gasteiger partial charge in [0.05, 0.1) is 12.3 Å². The highest BCUT2D eigenvalue weighted by molar-refractivity contribution is 7.09. The Bertz CT molecular complexity index is 641. The molecule has 0 fully saturated rings. The third-order valence-corrected chi connectivity index (χ3v) is 3.40. The van der Waals surface area contributed by atoms with Gasteiger partial charge < -0.3 is 9.15 Å². The number of thiazole rings is 1.